The molecule has 4 rings (SSSR count). The number of piperazine rings is 1. The van der Waals surface area contributed by atoms with Crippen LogP contribution in [0.3, 0.4) is 0 Å². The first-order valence-corrected chi connectivity index (χ1v) is 8.81. The lowest BCUT2D eigenvalue weighted by molar-refractivity contribution is 0.406. The van der Waals surface area contributed by atoms with Gasteiger partial charge in [-0.2, -0.15) is 0 Å². The Bertz CT molecular complexity index is 854. The van der Waals surface area contributed by atoms with E-state index in [1.54, 1.807) is 0 Å². The predicted octanol–water partition coefficient (Wildman–Crippen LogP) is 3.63. The number of hydrogen-bond acceptors (Lipinski definition) is 3. The second kappa shape index (κ2) is 6.73. The molecule has 2 aromatic carbocycles. The average molecular weight is 361 g/mol. The van der Waals surface area contributed by atoms with Crippen molar-refractivity contribution in [3.8, 4) is 0 Å². The van der Waals surface area contributed by atoms with Crippen LogP contribution < -0.4 is 10.6 Å². The van der Waals surface area contributed by atoms with E-state index in [0.717, 1.165) is 43.0 Å². The summed E-state index contributed by atoms with van der Waals surface area (Å²) in [6.07, 6.45) is 0. The van der Waals surface area contributed by atoms with Crippen LogP contribution in [0.5, 0.6) is 0 Å². The Morgan fingerprint density at radius 2 is 1.88 bits per heavy atom. The monoisotopic (exact) mass is 360 g/mol. The largest absolute Gasteiger partial charge is 0.322 e. The van der Waals surface area contributed by atoms with Crippen LogP contribution in [0.15, 0.2) is 42.5 Å². The summed E-state index contributed by atoms with van der Waals surface area (Å²) in [5.41, 5.74) is 3.12. The van der Waals surface area contributed by atoms with Crippen LogP contribution in [0.4, 0.5) is 0 Å². The number of nitrogens with zero attached hydrogens (tertiary/aromatic N) is 2. The molecule has 0 amide bonds. The Morgan fingerprint density at radius 3 is 2.62 bits per heavy atom. The van der Waals surface area contributed by atoms with E-state index in [-0.39, 0.29) is 6.04 Å². The fourth-order valence-electron chi connectivity index (χ4n) is 3.17. The summed E-state index contributed by atoms with van der Waals surface area (Å²) in [5, 5.41) is 8.06. The Balaban J connectivity index is 1.84. The molecule has 0 saturated carbocycles. The molecule has 1 aromatic heterocycles. The van der Waals surface area contributed by atoms with Crippen molar-refractivity contribution in [2.24, 2.45) is 0 Å². The Hall–Kier alpha value is -1.59. The second-order valence-corrected chi connectivity index (χ2v) is 6.82. The van der Waals surface area contributed by atoms with Crippen LogP contribution in [-0.4, -0.2) is 29.2 Å². The quantitative estimate of drug-likeness (QED) is 0.749. The summed E-state index contributed by atoms with van der Waals surface area (Å²) in [5.74, 6) is 1.01. The molecule has 1 saturated heterocycles. The summed E-state index contributed by atoms with van der Waals surface area (Å²) in [6, 6.07) is 14.3. The summed E-state index contributed by atoms with van der Waals surface area (Å²) in [4.78, 5) is 4.85. The predicted molar refractivity (Wildman–Crippen MR) is 98.9 cm³/mol. The number of nitrogens with one attached hydrogen (secondary N) is 2. The molecule has 2 N–H and O–H groups in total. The van der Waals surface area contributed by atoms with Crippen LogP contribution in [0, 0.1) is 0 Å². The van der Waals surface area contributed by atoms with Crippen molar-refractivity contribution >= 4 is 34.2 Å². The first-order chi connectivity index (χ1) is 11.7. The third-order valence-corrected chi connectivity index (χ3v) is 5.08. The number of imidazole rings is 1. The Kier molecular flexibility index (Phi) is 4.46. The zero-order chi connectivity index (χ0) is 16.5. The van der Waals surface area contributed by atoms with Crippen molar-refractivity contribution in [1.29, 1.82) is 0 Å². The standard InChI is InChI=1S/C18H18Cl2N4/c19-13-8-15-17(9-14(13)20)24(11-12-4-2-1-3-5-12)18(23-15)16-10-21-6-7-22-16/h1-5,8-9,16,21-22H,6-7,10-11H2. The number of rotatable bonds is 3. The van der Waals surface area contributed by atoms with Crippen LogP contribution in [-0.2, 0) is 6.54 Å². The maximum Gasteiger partial charge on any atom is 0.128 e. The van der Waals surface area contributed by atoms with Gasteiger partial charge in [0.25, 0.3) is 0 Å². The fraction of sp³-hybridized carbons (Fsp3) is 0.278. The molecule has 1 aliphatic rings. The highest BCUT2D eigenvalue weighted by Crippen LogP contribution is 2.30. The van der Waals surface area contributed by atoms with Gasteiger partial charge in [0, 0.05) is 26.2 Å². The zero-order valence-electron chi connectivity index (χ0n) is 13.1. The van der Waals surface area contributed by atoms with Gasteiger partial charge in [0.15, 0.2) is 0 Å². The second-order valence-electron chi connectivity index (χ2n) is 6.01. The molecule has 0 radical (unpaired) electrons. The fourth-order valence-corrected chi connectivity index (χ4v) is 3.49. The molecular formula is C18H18Cl2N4. The van der Waals surface area contributed by atoms with E-state index in [9.17, 15) is 0 Å². The topological polar surface area (TPSA) is 41.9 Å². The minimum Gasteiger partial charge on any atom is -0.322 e. The molecule has 0 bridgehead atoms. The van der Waals surface area contributed by atoms with Gasteiger partial charge in [0.2, 0.25) is 0 Å². The molecule has 1 aliphatic heterocycles. The number of halogens is 2. The number of hydrogen-bond donors (Lipinski definition) is 2. The molecule has 2 heterocycles. The molecule has 0 aliphatic carbocycles. The third-order valence-electron chi connectivity index (χ3n) is 4.36. The molecule has 24 heavy (non-hydrogen) atoms. The molecule has 6 heteroatoms. The van der Waals surface area contributed by atoms with Crippen molar-refractivity contribution in [1.82, 2.24) is 20.2 Å². The molecule has 0 spiro atoms. The van der Waals surface area contributed by atoms with E-state index >= 15 is 0 Å². The van der Waals surface area contributed by atoms with Gasteiger partial charge in [0.1, 0.15) is 5.82 Å². The van der Waals surface area contributed by atoms with Crippen LogP contribution in [0.2, 0.25) is 10.0 Å². The minimum absolute atomic E-state index is 0.174. The van der Waals surface area contributed by atoms with Gasteiger partial charge in [-0.15, -0.1) is 0 Å². The molecule has 3 aromatic rings. The molecular weight excluding hydrogens is 343 g/mol. The maximum atomic E-state index is 6.26. The zero-order valence-corrected chi connectivity index (χ0v) is 14.6. The van der Waals surface area contributed by atoms with Crippen molar-refractivity contribution in [3.05, 3.63) is 63.9 Å². The Morgan fingerprint density at radius 1 is 1.08 bits per heavy atom. The summed E-state index contributed by atoms with van der Waals surface area (Å²) < 4.78 is 2.23. The van der Waals surface area contributed by atoms with Gasteiger partial charge in [-0.05, 0) is 17.7 Å². The molecule has 1 fully saturated rings. The minimum atomic E-state index is 0.174. The third kappa shape index (κ3) is 3.03. The van der Waals surface area contributed by atoms with E-state index < -0.39 is 0 Å². The van der Waals surface area contributed by atoms with Crippen LogP contribution in [0.25, 0.3) is 11.0 Å². The summed E-state index contributed by atoms with van der Waals surface area (Å²) in [7, 11) is 0. The lowest BCUT2D eigenvalue weighted by Gasteiger charge is -2.25. The Labute approximate surface area is 150 Å². The first-order valence-electron chi connectivity index (χ1n) is 8.05. The van der Waals surface area contributed by atoms with Crippen molar-refractivity contribution in [2.45, 2.75) is 12.6 Å². The van der Waals surface area contributed by atoms with Crippen LogP contribution >= 0.6 is 23.2 Å². The number of benzene rings is 2. The van der Waals surface area contributed by atoms with Crippen molar-refractivity contribution in [3.63, 3.8) is 0 Å². The van der Waals surface area contributed by atoms with Gasteiger partial charge in [-0.25, -0.2) is 4.98 Å². The van der Waals surface area contributed by atoms with Gasteiger partial charge in [-0.1, -0.05) is 53.5 Å². The van der Waals surface area contributed by atoms with Gasteiger partial charge in [-0.3, -0.25) is 0 Å². The molecule has 1 atom stereocenters. The molecule has 1 unspecified atom stereocenters. The van der Waals surface area contributed by atoms with Gasteiger partial charge < -0.3 is 15.2 Å². The smallest absolute Gasteiger partial charge is 0.128 e. The highest BCUT2D eigenvalue weighted by molar-refractivity contribution is 6.42. The van der Waals surface area contributed by atoms with Crippen LogP contribution in [0.1, 0.15) is 17.4 Å². The number of aromatic nitrogens is 2. The lowest BCUT2D eigenvalue weighted by atomic mass is 10.2. The SMILES string of the molecule is Clc1cc2nc(C3CNCCN3)n(Cc3ccccc3)c2cc1Cl. The molecule has 124 valence electrons. The van der Waals surface area contributed by atoms with E-state index in [0.29, 0.717) is 10.0 Å². The summed E-state index contributed by atoms with van der Waals surface area (Å²) in [6.45, 7) is 3.52. The van der Waals surface area contributed by atoms with Gasteiger partial charge >= 0.3 is 0 Å². The van der Waals surface area contributed by atoms with E-state index in [2.05, 4.69) is 39.5 Å². The molecule has 4 nitrogen and oxygen atoms in total. The lowest BCUT2D eigenvalue weighted by Crippen LogP contribution is -2.43. The van der Waals surface area contributed by atoms with Crippen molar-refractivity contribution < 1.29 is 0 Å². The van der Waals surface area contributed by atoms with Gasteiger partial charge in [0.05, 0.1) is 27.1 Å². The average Bonchev–Trinajstić information content (AvgIpc) is 2.95. The first kappa shape index (κ1) is 15.9. The van der Waals surface area contributed by atoms with E-state index in [4.69, 9.17) is 28.2 Å². The maximum absolute atomic E-state index is 6.26. The normalized spacial score (nSPS) is 18.2. The number of fused-ring (bicyclic) bond motifs is 1. The highest BCUT2D eigenvalue weighted by Gasteiger charge is 2.22. The highest BCUT2D eigenvalue weighted by atomic mass is 35.5. The van der Waals surface area contributed by atoms with E-state index in [1.807, 2.05) is 18.2 Å². The summed E-state index contributed by atoms with van der Waals surface area (Å²) >= 11 is 12.4. The van der Waals surface area contributed by atoms with Crippen molar-refractivity contribution in [2.75, 3.05) is 19.6 Å². The van der Waals surface area contributed by atoms with E-state index in [1.165, 1.54) is 5.56 Å².